The molecule has 4 heterocycles. The van der Waals surface area contributed by atoms with Gasteiger partial charge in [0, 0.05) is 44.0 Å². The fourth-order valence-corrected chi connectivity index (χ4v) is 4.87. The summed E-state index contributed by atoms with van der Waals surface area (Å²) in [6.07, 6.45) is 3.78. The summed E-state index contributed by atoms with van der Waals surface area (Å²) in [5, 5.41) is 7.85. The Hall–Kier alpha value is -3.30. The molecule has 5 rings (SSSR count). The Morgan fingerprint density at radius 1 is 1.03 bits per heavy atom. The van der Waals surface area contributed by atoms with Crippen molar-refractivity contribution in [1.82, 2.24) is 24.6 Å². The molecular weight excluding hydrogens is 460 g/mol. The van der Waals surface area contributed by atoms with Gasteiger partial charge in [0.2, 0.25) is 5.91 Å². The number of nitrogens with zero attached hydrogens (tertiary/aromatic N) is 6. The van der Waals surface area contributed by atoms with Crippen LogP contribution in [0.15, 0.2) is 54.3 Å². The highest BCUT2D eigenvalue weighted by Gasteiger charge is 2.24. The number of thiophene rings is 1. The number of piperazine rings is 1. The Morgan fingerprint density at radius 2 is 1.88 bits per heavy atom. The number of benzene rings is 1. The Balaban J connectivity index is 1.25. The van der Waals surface area contributed by atoms with Crippen molar-refractivity contribution in [3.05, 3.63) is 64.2 Å². The van der Waals surface area contributed by atoms with E-state index in [1.54, 1.807) is 16.9 Å². The van der Waals surface area contributed by atoms with Gasteiger partial charge in [-0.2, -0.15) is 5.10 Å². The predicted molar refractivity (Wildman–Crippen MR) is 128 cm³/mol. The third-order valence-corrected chi connectivity index (χ3v) is 6.84. The van der Waals surface area contributed by atoms with Crippen LogP contribution in [0.2, 0.25) is 5.02 Å². The van der Waals surface area contributed by atoms with Gasteiger partial charge in [-0.15, -0.1) is 11.3 Å². The summed E-state index contributed by atoms with van der Waals surface area (Å²) in [7, 11) is 0. The van der Waals surface area contributed by atoms with Crippen LogP contribution in [0.3, 0.4) is 0 Å². The van der Waals surface area contributed by atoms with Crippen molar-refractivity contribution < 1.29 is 9.59 Å². The molecule has 0 N–H and O–H groups in total. The van der Waals surface area contributed by atoms with Crippen molar-refractivity contribution >= 4 is 51.5 Å². The minimum absolute atomic E-state index is 0.0150. The number of amides is 1. The van der Waals surface area contributed by atoms with Crippen LogP contribution in [0.5, 0.6) is 0 Å². The van der Waals surface area contributed by atoms with Gasteiger partial charge < -0.3 is 9.80 Å². The molecule has 0 atom stereocenters. The van der Waals surface area contributed by atoms with E-state index in [2.05, 4.69) is 20.0 Å². The Kier molecular flexibility index (Phi) is 6.06. The molecule has 1 amide bonds. The molecule has 1 aliphatic rings. The summed E-state index contributed by atoms with van der Waals surface area (Å²) in [4.78, 5) is 38.4. The molecule has 0 radical (unpaired) electrons. The summed E-state index contributed by atoms with van der Waals surface area (Å²) in [5.41, 5.74) is 1.53. The predicted octanol–water partition coefficient (Wildman–Crippen LogP) is 3.84. The number of rotatable bonds is 6. The van der Waals surface area contributed by atoms with Gasteiger partial charge >= 0.3 is 0 Å². The number of fused-ring (bicyclic) bond motifs is 1. The minimum atomic E-state index is 0.0150. The lowest BCUT2D eigenvalue weighted by Crippen LogP contribution is -2.49. The van der Waals surface area contributed by atoms with E-state index in [0.29, 0.717) is 41.7 Å². The second-order valence-electron chi connectivity index (χ2n) is 7.74. The molecule has 4 aromatic rings. The number of hydrogen-bond donors (Lipinski definition) is 0. The summed E-state index contributed by atoms with van der Waals surface area (Å²) in [6.45, 7) is 2.47. The van der Waals surface area contributed by atoms with Crippen molar-refractivity contribution in [1.29, 1.82) is 0 Å². The van der Waals surface area contributed by atoms with E-state index in [1.165, 1.54) is 17.7 Å². The first-order chi connectivity index (χ1) is 16.1. The molecule has 1 fully saturated rings. The standard InChI is InChI=1S/C23H21ClN6O2S/c24-16-3-1-4-17(13-16)30-23-18(14-27-30)22(25-15-26-23)29-10-8-28(9-11-29)21(32)7-6-19(31)20-5-2-12-33-20/h1-5,12-15H,6-11H2. The van der Waals surface area contributed by atoms with Crippen LogP contribution in [0.25, 0.3) is 16.7 Å². The molecule has 0 unspecified atom stereocenters. The van der Waals surface area contributed by atoms with Crippen LogP contribution in [-0.2, 0) is 4.79 Å². The van der Waals surface area contributed by atoms with Crippen LogP contribution < -0.4 is 4.90 Å². The van der Waals surface area contributed by atoms with Gasteiger partial charge in [0.15, 0.2) is 11.4 Å². The molecule has 33 heavy (non-hydrogen) atoms. The van der Waals surface area contributed by atoms with Crippen LogP contribution in [0, 0.1) is 0 Å². The van der Waals surface area contributed by atoms with E-state index in [-0.39, 0.29) is 24.5 Å². The highest BCUT2D eigenvalue weighted by molar-refractivity contribution is 7.12. The van der Waals surface area contributed by atoms with E-state index in [1.807, 2.05) is 40.6 Å². The second-order valence-corrected chi connectivity index (χ2v) is 9.12. The maximum absolute atomic E-state index is 12.6. The van der Waals surface area contributed by atoms with Crippen molar-refractivity contribution in [2.75, 3.05) is 31.1 Å². The Bertz CT molecular complexity index is 1300. The van der Waals surface area contributed by atoms with Crippen molar-refractivity contribution in [3.8, 4) is 5.69 Å². The average molecular weight is 481 g/mol. The number of carbonyl (C=O) groups excluding carboxylic acids is 2. The number of Topliss-reactive ketones (excluding diaryl/α,β-unsaturated/α-hetero) is 1. The van der Waals surface area contributed by atoms with E-state index in [9.17, 15) is 9.59 Å². The zero-order chi connectivity index (χ0) is 22.8. The molecule has 10 heteroatoms. The lowest BCUT2D eigenvalue weighted by atomic mass is 10.1. The lowest BCUT2D eigenvalue weighted by Gasteiger charge is -2.35. The highest BCUT2D eigenvalue weighted by Crippen LogP contribution is 2.26. The normalized spacial score (nSPS) is 14.1. The number of anilines is 1. The van der Waals surface area contributed by atoms with E-state index in [0.717, 1.165) is 16.9 Å². The highest BCUT2D eigenvalue weighted by atomic mass is 35.5. The zero-order valence-electron chi connectivity index (χ0n) is 17.7. The molecule has 0 spiro atoms. The quantitative estimate of drug-likeness (QED) is 0.390. The maximum Gasteiger partial charge on any atom is 0.223 e. The monoisotopic (exact) mass is 480 g/mol. The van der Waals surface area contributed by atoms with Gasteiger partial charge in [0.1, 0.15) is 12.1 Å². The lowest BCUT2D eigenvalue weighted by molar-refractivity contribution is -0.131. The molecule has 1 aromatic carbocycles. The van der Waals surface area contributed by atoms with Gasteiger partial charge in [-0.05, 0) is 29.6 Å². The number of carbonyl (C=O) groups is 2. The van der Waals surface area contributed by atoms with Gasteiger partial charge in [0.05, 0.1) is 22.1 Å². The molecule has 3 aromatic heterocycles. The van der Waals surface area contributed by atoms with Gasteiger partial charge in [-0.1, -0.05) is 23.7 Å². The fraction of sp³-hybridized carbons (Fsp3) is 0.261. The molecule has 8 nitrogen and oxygen atoms in total. The van der Waals surface area contributed by atoms with Crippen LogP contribution in [0.4, 0.5) is 5.82 Å². The van der Waals surface area contributed by atoms with Crippen LogP contribution in [-0.4, -0.2) is 62.5 Å². The molecule has 0 aliphatic carbocycles. The summed E-state index contributed by atoms with van der Waals surface area (Å²) in [6, 6.07) is 11.1. The molecule has 0 bridgehead atoms. The van der Waals surface area contributed by atoms with Gasteiger partial charge in [-0.3, -0.25) is 9.59 Å². The zero-order valence-corrected chi connectivity index (χ0v) is 19.3. The molecule has 0 saturated carbocycles. The minimum Gasteiger partial charge on any atom is -0.352 e. The SMILES string of the molecule is O=C(CCC(=O)N1CCN(c2ncnc3c2cnn3-c2cccc(Cl)c2)CC1)c1cccs1. The topological polar surface area (TPSA) is 84.2 Å². The number of ketones is 1. The first-order valence-corrected chi connectivity index (χ1v) is 11.9. The van der Waals surface area contributed by atoms with Gasteiger partial charge in [0.25, 0.3) is 0 Å². The fourth-order valence-electron chi connectivity index (χ4n) is 3.99. The molecule has 1 saturated heterocycles. The molecular formula is C23H21ClN6O2S. The maximum atomic E-state index is 12.6. The van der Waals surface area contributed by atoms with E-state index >= 15 is 0 Å². The number of hydrogen-bond acceptors (Lipinski definition) is 7. The first kappa shape index (κ1) is 21.5. The van der Waals surface area contributed by atoms with Crippen molar-refractivity contribution in [2.24, 2.45) is 0 Å². The third-order valence-electron chi connectivity index (χ3n) is 5.69. The van der Waals surface area contributed by atoms with E-state index in [4.69, 9.17) is 11.6 Å². The molecule has 168 valence electrons. The third kappa shape index (κ3) is 4.46. The Labute approximate surface area is 199 Å². The number of halogens is 1. The van der Waals surface area contributed by atoms with Crippen LogP contribution >= 0.6 is 22.9 Å². The Morgan fingerprint density at radius 3 is 2.64 bits per heavy atom. The largest absolute Gasteiger partial charge is 0.352 e. The van der Waals surface area contributed by atoms with Crippen LogP contribution in [0.1, 0.15) is 22.5 Å². The van der Waals surface area contributed by atoms with E-state index < -0.39 is 0 Å². The summed E-state index contributed by atoms with van der Waals surface area (Å²) < 4.78 is 1.75. The number of aromatic nitrogens is 4. The molecule has 1 aliphatic heterocycles. The average Bonchev–Trinajstić information content (AvgIpc) is 3.53. The van der Waals surface area contributed by atoms with Gasteiger partial charge in [-0.25, -0.2) is 14.6 Å². The summed E-state index contributed by atoms with van der Waals surface area (Å²) in [5.74, 6) is 0.839. The smallest absolute Gasteiger partial charge is 0.223 e. The van der Waals surface area contributed by atoms with Crippen molar-refractivity contribution in [3.63, 3.8) is 0 Å². The first-order valence-electron chi connectivity index (χ1n) is 10.6. The van der Waals surface area contributed by atoms with Crippen molar-refractivity contribution in [2.45, 2.75) is 12.8 Å². The second kappa shape index (κ2) is 9.29. The summed E-state index contributed by atoms with van der Waals surface area (Å²) >= 11 is 7.55.